The lowest BCUT2D eigenvalue weighted by Gasteiger charge is -2.05. The maximum absolute atomic E-state index is 11.5. The highest BCUT2D eigenvalue weighted by Crippen LogP contribution is 2.21. The van der Waals surface area contributed by atoms with Gasteiger partial charge in [0.15, 0.2) is 0 Å². The zero-order valence-corrected chi connectivity index (χ0v) is 8.71. The first kappa shape index (κ1) is 11.4. The Labute approximate surface area is 93.1 Å². The third kappa shape index (κ3) is 3.19. The molecule has 3 nitrogen and oxygen atoms in total. The van der Waals surface area contributed by atoms with E-state index in [1.54, 1.807) is 0 Å². The van der Waals surface area contributed by atoms with E-state index in [2.05, 4.69) is 11.2 Å². The van der Waals surface area contributed by atoms with Crippen molar-refractivity contribution in [2.24, 2.45) is 0 Å². The number of carbonyl (C=O) groups excluding carboxylic acids is 1. The van der Waals surface area contributed by atoms with E-state index in [1.165, 1.54) is 18.2 Å². The first-order valence-electron chi connectivity index (χ1n) is 4.35. The molecule has 0 heterocycles. The molecule has 0 bridgehead atoms. The highest BCUT2D eigenvalue weighted by Gasteiger charge is 2.10. The number of phenolic OH excluding ortho intramolecular Hbond substituents is 1. The van der Waals surface area contributed by atoms with E-state index in [4.69, 9.17) is 18.0 Å². The number of phenols is 1. The zero-order chi connectivity index (χ0) is 11.3. The molecule has 1 rings (SSSR count). The molecule has 0 saturated heterocycles. The Bertz CT molecular complexity index is 410. The van der Waals surface area contributed by atoms with Gasteiger partial charge in [-0.1, -0.05) is 11.6 Å². The summed E-state index contributed by atoms with van der Waals surface area (Å²) < 4.78 is 0. The number of aromatic hydroxyl groups is 1. The number of benzene rings is 1. The van der Waals surface area contributed by atoms with E-state index in [9.17, 15) is 9.90 Å². The standard InChI is InChI=1S/C11H10ClNO2/c1-2-3-6-13-11(15)9-7-8(12)4-5-10(9)14/h1,4-5,7,14H,3,6H2,(H,13,15). The summed E-state index contributed by atoms with van der Waals surface area (Å²) >= 11 is 5.70. The molecule has 0 atom stereocenters. The Morgan fingerprint density at radius 3 is 3.00 bits per heavy atom. The molecule has 78 valence electrons. The molecule has 0 radical (unpaired) electrons. The Morgan fingerprint density at radius 1 is 1.60 bits per heavy atom. The highest BCUT2D eigenvalue weighted by atomic mass is 35.5. The molecule has 0 aliphatic rings. The number of nitrogens with one attached hydrogen (secondary N) is 1. The summed E-state index contributed by atoms with van der Waals surface area (Å²) in [5.74, 6) is 1.91. The van der Waals surface area contributed by atoms with Crippen LogP contribution in [0.1, 0.15) is 16.8 Å². The third-order valence-corrected chi connectivity index (χ3v) is 1.99. The molecule has 4 heteroatoms. The molecule has 0 aromatic heterocycles. The highest BCUT2D eigenvalue weighted by molar-refractivity contribution is 6.31. The molecule has 2 N–H and O–H groups in total. The summed E-state index contributed by atoms with van der Waals surface area (Å²) in [5.41, 5.74) is 0.152. The average Bonchev–Trinajstić information content (AvgIpc) is 2.22. The number of terminal acetylenes is 1. The van der Waals surface area contributed by atoms with Crippen LogP contribution < -0.4 is 5.32 Å². The van der Waals surface area contributed by atoms with Crippen LogP contribution in [0.5, 0.6) is 5.75 Å². The molecule has 0 aliphatic carbocycles. The summed E-state index contributed by atoms with van der Waals surface area (Å²) in [6.45, 7) is 0.376. The summed E-state index contributed by atoms with van der Waals surface area (Å²) in [5, 5.41) is 12.4. The van der Waals surface area contributed by atoms with E-state index >= 15 is 0 Å². The van der Waals surface area contributed by atoms with Crippen molar-refractivity contribution in [1.82, 2.24) is 5.32 Å². The van der Waals surface area contributed by atoms with E-state index in [1.807, 2.05) is 0 Å². The maximum atomic E-state index is 11.5. The van der Waals surface area contributed by atoms with Gasteiger partial charge in [-0.3, -0.25) is 4.79 Å². The Morgan fingerprint density at radius 2 is 2.33 bits per heavy atom. The smallest absolute Gasteiger partial charge is 0.255 e. The fraction of sp³-hybridized carbons (Fsp3) is 0.182. The van der Waals surface area contributed by atoms with Crippen molar-refractivity contribution in [2.75, 3.05) is 6.54 Å². The average molecular weight is 224 g/mol. The Hall–Kier alpha value is -1.66. The first-order chi connectivity index (χ1) is 7.15. The fourth-order valence-corrected chi connectivity index (χ4v) is 1.21. The lowest BCUT2D eigenvalue weighted by molar-refractivity contribution is 0.0952. The van der Waals surface area contributed by atoms with Crippen molar-refractivity contribution >= 4 is 17.5 Å². The van der Waals surface area contributed by atoms with Crippen molar-refractivity contribution < 1.29 is 9.90 Å². The van der Waals surface area contributed by atoms with Gasteiger partial charge in [0.2, 0.25) is 0 Å². The van der Waals surface area contributed by atoms with Crippen LogP contribution in [0.25, 0.3) is 0 Å². The summed E-state index contributed by atoms with van der Waals surface area (Å²) in [6.07, 6.45) is 5.49. The lowest BCUT2D eigenvalue weighted by Crippen LogP contribution is -2.24. The molecule has 0 fully saturated rings. The monoisotopic (exact) mass is 223 g/mol. The van der Waals surface area contributed by atoms with Crippen LogP contribution in [0.4, 0.5) is 0 Å². The maximum Gasteiger partial charge on any atom is 0.255 e. The molecule has 0 aliphatic heterocycles. The second kappa shape index (κ2) is 5.28. The van der Waals surface area contributed by atoms with E-state index in [0.717, 1.165) is 0 Å². The van der Waals surface area contributed by atoms with Crippen molar-refractivity contribution in [3.8, 4) is 18.1 Å². The second-order valence-corrected chi connectivity index (χ2v) is 3.31. The van der Waals surface area contributed by atoms with Crippen molar-refractivity contribution in [3.63, 3.8) is 0 Å². The minimum atomic E-state index is -0.384. The van der Waals surface area contributed by atoms with Gasteiger partial charge in [-0.15, -0.1) is 12.3 Å². The van der Waals surface area contributed by atoms with Gasteiger partial charge in [-0.25, -0.2) is 0 Å². The Balaban J connectivity index is 2.73. The second-order valence-electron chi connectivity index (χ2n) is 2.87. The van der Waals surface area contributed by atoms with E-state index in [-0.39, 0.29) is 17.2 Å². The number of hydrogen-bond acceptors (Lipinski definition) is 2. The molecule has 15 heavy (non-hydrogen) atoms. The van der Waals surface area contributed by atoms with Crippen LogP contribution in [0, 0.1) is 12.3 Å². The molecule has 0 saturated carbocycles. The molecule has 0 unspecified atom stereocenters. The van der Waals surface area contributed by atoms with Gasteiger partial charge in [0.05, 0.1) is 5.56 Å². The van der Waals surface area contributed by atoms with Crippen LogP contribution >= 0.6 is 11.6 Å². The van der Waals surface area contributed by atoms with Crippen LogP contribution in [0.15, 0.2) is 18.2 Å². The predicted octanol–water partition coefficient (Wildman–Crippen LogP) is 1.80. The third-order valence-electron chi connectivity index (χ3n) is 1.76. The number of halogens is 1. The van der Waals surface area contributed by atoms with Crippen molar-refractivity contribution in [2.45, 2.75) is 6.42 Å². The summed E-state index contributed by atoms with van der Waals surface area (Å²) in [4.78, 5) is 11.5. The van der Waals surface area contributed by atoms with Crippen molar-refractivity contribution in [3.05, 3.63) is 28.8 Å². The number of amides is 1. The van der Waals surface area contributed by atoms with Gasteiger partial charge in [0, 0.05) is 18.0 Å². The van der Waals surface area contributed by atoms with Gasteiger partial charge in [-0.05, 0) is 18.2 Å². The van der Waals surface area contributed by atoms with E-state index < -0.39 is 0 Å². The number of hydrogen-bond donors (Lipinski definition) is 2. The zero-order valence-electron chi connectivity index (χ0n) is 7.96. The van der Waals surface area contributed by atoms with Gasteiger partial charge < -0.3 is 10.4 Å². The topological polar surface area (TPSA) is 49.3 Å². The Kier molecular flexibility index (Phi) is 4.02. The van der Waals surface area contributed by atoms with Crippen LogP contribution in [-0.4, -0.2) is 17.6 Å². The van der Waals surface area contributed by atoms with Crippen LogP contribution in [0.3, 0.4) is 0 Å². The van der Waals surface area contributed by atoms with E-state index in [0.29, 0.717) is 18.0 Å². The normalized spacial score (nSPS) is 9.33. The lowest BCUT2D eigenvalue weighted by atomic mass is 10.2. The largest absolute Gasteiger partial charge is 0.507 e. The molecule has 1 aromatic rings. The molecule has 0 spiro atoms. The summed E-state index contributed by atoms with van der Waals surface area (Å²) in [6, 6.07) is 4.29. The van der Waals surface area contributed by atoms with Gasteiger partial charge in [0.1, 0.15) is 5.75 Å². The molecular formula is C11H10ClNO2. The number of rotatable bonds is 3. The fourth-order valence-electron chi connectivity index (χ4n) is 1.03. The van der Waals surface area contributed by atoms with Crippen molar-refractivity contribution in [1.29, 1.82) is 0 Å². The molecule has 1 amide bonds. The minimum absolute atomic E-state index is 0.0994. The summed E-state index contributed by atoms with van der Waals surface area (Å²) in [7, 11) is 0. The molecule has 1 aromatic carbocycles. The number of carbonyl (C=O) groups is 1. The molecular weight excluding hydrogens is 214 g/mol. The van der Waals surface area contributed by atoms with Gasteiger partial charge in [-0.2, -0.15) is 0 Å². The first-order valence-corrected chi connectivity index (χ1v) is 4.73. The predicted molar refractivity (Wildman–Crippen MR) is 58.9 cm³/mol. The quantitative estimate of drug-likeness (QED) is 0.607. The SMILES string of the molecule is C#CCCNC(=O)c1cc(Cl)ccc1O. The van der Waals surface area contributed by atoms with Crippen LogP contribution in [-0.2, 0) is 0 Å². The van der Waals surface area contributed by atoms with Crippen LogP contribution in [0.2, 0.25) is 5.02 Å². The van der Waals surface area contributed by atoms with Gasteiger partial charge >= 0.3 is 0 Å². The van der Waals surface area contributed by atoms with Gasteiger partial charge in [0.25, 0.3) is 5.91 Å². The minimum Gasteiger partial charge on any atom is -0.507 e.